The van der Waals surface area contributed by atoms with Crippen molar-refractivity contribution in [1.82, 2.24) is 15.0 Å². The molecule has 78 valence electrons. The van der Waals surface area contributed by atoms with Gasteiger partial charge in [0.25, 0.3) is 0 Å². The van der Waals surface area contributed by atoms with Crippen molar-refractivity contribution in [3.8, 4) is 5.69 Å². The highest BCUT2D eigenvalue weighted by Gasteiger charge is 2.05. The summed E-state index contributed by atoms with van der Waals surface area (Å²) in [5.41, 5.74) is 7.33. The van der Waals surface area contributed by atoms with E-state index in [1.165, 1.54) is 4.90 Å². The second-order valence-electron chi connectivity index (χ2n) is 3.03. The van der Waals surface area contributed by atoms with E-state index >= 15 is 0 Å². The van der Waals surface area contributed by atoms with E-state index in [9.17, 15) is 0 Å². The summed E-state index contributed by atoms with van der Waals surface area (Å²) >= 11 is 1.69. The molecule has 0 saturated heterocycles. The van der Waals surface area contributed by atoms with Crippen molar-refractivity contribution in [2.75, 3.05) is 6.26 Å². The Kier molecular flexibility index (Phi) is 3.03. The Labute approximate surface area is 92.5 Å². The van der Waals surface area contributed by atoms with Gasteiger partial charge in [-0.15, -0.1) is 16.9 Å². The molecule has 2 rings (SSSR count). The molecular weight excluding hydrogens is 208 g/mol. The zero-order valence-electron chi connectivity index (χ0n) is 8.42. The molecular formula is C10H12N4S. The number of rotatable bonds is 3. The van der Waals surface area contributed by atoms with Gasteiger partial charge >= 0.3 is 0 Å². The molecule has 1 aromatic carbocycles. The first-order chi connectivity index (χ1) is 7.35. The van der Waals surface area contributed by atoms with E-state index in [2.05, 4.69) is 16.4 Å². The smallest absolute Gasteiger partial charge is 0.0967 e. The van der Waals surface area contributed by atoms with E-state index in [0.29, 0.717) is 6.54 Å². The zero-order chi connectivity index (χ0) is 10.7. The van der Waals surface area contributed by atoms with Crippen LogP contribution in [0.3, 0.4) is 0 Å². The third-order valence-electron chi connectivity index (χ3n) is 2.08. The van der Waals surface area contributed by atoms with Gasteiger partial charge in [0, 0.05) is 11.4 Å². The van der Waals surface area contributed by atoms with Gasteiger partial charge in [0.15, 0.2) is 0 Å². The first kappa shape index (κ1) is 10.2. The van der Waals surface area contributed by atoms with E-state index in [1.807, 2.05) is 30.7 Å². The molecule has 0 atom stereocenters. The molecule has 1 aromatic heterocycles. The van der Waals surface area contributed by atoms with Gasteiger partial charge in [-0.1, -0.05) is 17.3 Å². The molecule has 0 spiro atoms. The first-order valence-electron chi connectivity index (χ1n) is 4.60. The van der Waals surface area contributed by atoms with Crippen molar-refractivity contribution in [3.63, 3.8) is 0 Å². The van der Waals surface area contributed by atoms with Gasteiger partial charge in [0.1, 0.15) is 0 Å². The third-order valence-corrected chi connectivity index (χ3v) is 2.87. The highest BCUT2D eigenvalue weighted by Crippen LogP contribution is 2.22. The molecule has 2 aromatic rings. The average molecular weight is 220 g/mol. The Balaban J connectivity index is 2.44. The lowest BCUT2D eigenvalue weighted by Crippen LogP contribution is -1.97. The van der Waals surface area contributed by atoms with Gasteiger partial charge in [-0.3, -0.25) is 0 Å². The maximum Gasteiger partial charge on any atom is 0.0967 e. The fourth-order valence-electron chi connectivity index (χ4n) is 1.33. The maximum atomic E-state index is 5.49. The molecule has 1 heterocycles. The topological polar surface area (TPSA) is 56.7 Å². The Morgan fingerprint density at radius 3 is 2.87 bits per heavy atom. The van der Waals surface area contributed by atoms with E-state index in [0.717, 1.165) is 11.4 Å². The minimum absolute atomic E-state index is 0.418. The van der Waals surface area contributed by atoms with E-state index in [-0.39, 0.29) is 0 Å². The number of para-hydroxylation sites is 1. The Bertz CT molecular complexity index is 452. The van der Waals surface area contributed by atoms with Crippen LogP contribution >= 0.6 is 11.8 Å². The summed E-state index contributed by atoms with van der Waals surface area (Å²) in [4.78, 5) is 1.17. The Morgan fingerprint density at radius 1 is 1.40 bits per heavy atom. The van der Waals surface area contributed by atoms with Crippen molar-refractivity contribution in [2.24, 2.45) is 5.73 Å². The van der Waals surface area contributed by atoms with Crippen LogP contribution in [0.4, 0.5) is 0 Å². The van der Waals surface area contributed by atoms with E-state index < -0.39 is 0 Å². The third kappa shape index (κ3) is 2.03. The van der Waals surface area contributed by atoms with E-state index in [4.69, 9.17) is 5.73 Å². The molecule has 0 aliphatic rings. The standard InChI is InChI=1S/C10H12N4S/c1-15-10-5-3-2-4-9(10)14-7-8(6-11)12-13-14/h2-5,7H,6,11H2,1H3. The monoisotopic (exact) mass is 220 g/mol. The average Bonchev–Trinajstić information content (AvgIpc) is 2.77. The number of hydrogen-bond donors (Lipinski definition) is 1. The summed E-state index contributed by atoms with van der Waals surface area (Å²) in [5.74, 6) is 0. The minimum atomic E-state index is 0.418. The first-order valence-corrected chi connectivity index (χ1v) is 5.82. The van der Waals surface area contributed by atoms with Crippen molar-refractivity contribution < 1.29 is 0 Å². The highest BCUT2D eigenvalue weighted by molar-refractivity contribution is 7.98. The number of thioether (sulfide) groups is 1. The van der Waals surface area contributed by atoms with Crippen LogP contribution in [0.2, 0.25) is 0 Å². The van der Waals surface area contributed by atoms with Gasteiger partial charge in [-0.05, 0) is 18.4 Å². The number of nitrogens with zero attached hydrogens (tertiary/aromatic N) is 3. The van der Waals surface area contributed by atoms with Crippen molar-refractivity contribution >= 4 is 11.8 Å². The predicted octanol–water partition coefficient (Wildman–Crippen LogP) is 1.45. The largest absolute Gasteiger partial charge is 0.325 e. The summed E-state index contributed by atoms with van der Waals surface area (Å²) in [7, 11) is 0. The summed E-state index contributed by atoms with van der Waals surface area (Å²) in [5, 5.41) is 8.00. The fraction of sp³-hybridized carbons (Fsp3) is 0.200. The van der Waals surface area contributed by atoms with Crippen LogP contribution in [-0.4, -0.2) is 21.2 Å². The summed E-state index contributed by atoms with van der Waals surface area (Å²) in [6.07, 6.45) is 3.90. The van der Waals surface area contributed by atoms with Crippen LogP contribution < -0.4 is 5.73 Å². The summed E-state index contributed by atoms with van der Waals surface area (Å²) < 4.78 is 1.76. The van der Waals surface area contributed by atoms with Crippen LogP contribution in [0.5, 0.6) is 0 Å². The van der Waals surface area contributed by atoms with Gasteiger partial charge in [0.2, 0.25) is 0 Å². The van der Waals surface area contributed by atoms with Crippen LogP contribution in [-0.2, 0) is 6.54 Å². The van der Waals surface area contributed by atoms with Gasteiger partial charge in [0.05, 0.1) is 17.6 Å². The molecule has 0 aliphatic carbocycles. The van der Waals surface area contributed by atoms with Crippen LogP contribution in [0, 0.1) is 0 Å². The molecule has 0 saturated carbocycles. The van der Waals surface area contributed by atoms with Crippen LogP contribution in [0.1, 0.15) is 5.69 Å². The van der Waals surface area contributed by atoms with Crippen molar-refractivity contribution in [1.29, 1.82) is 0 Å². The molecule has 2 N–H and O–H groups in total. The predicted molar refractivity (Wildman–Crippen MR) is 61.0 cm³/mol. The zero-order valence-corrected chi connectivity index (χ0v) is 9.24. The normalized spacial score (nSPS) is 10.5. The Hall–Kier alpha value is -1.33. The molecule has 15 heavy (non-hydrogen) atoms. The molecule has 5 heteroatoms. The molecule has 0 aliphatic heterocycles. The lowest BCUT2D eigenvalue weighted by molar-refractivity contribution is 0.786. The molecule has 0 radical (unpaired) electrons. The number of hydrogen-bond acceptors (Lipinski definition) is 4. The van der Waals surface area contributed by atoms with Gasteiger partial charge < -0.3 is 5.73 Å². The molecule has 4 nitrogen and oxygen atoms in total. The molecule has 0 unspecified atom stereocenters. The molecule has 0 amide bonds. The fourth-order valence-corrected chi connectivity index (χ4v) is 1.91. The second-order valence-corrected chi connectivity index (χ2v) is 3.88. The molecule has 0 fully saturated rings. The summed E-state index contributed by atoms with van der Waals surface area (Å²) in [6.45, 7) is 0.418. The number of aromatic nitrogens is 3. The van der Waals surface area contributed by atoms with Gasteiger partial charge in [-0.25, -0.2) is 4.68 Å². The minimum Gasteiger partial charge on any atom is -0.325 e. The van der Waals surface area contributed by atoms with E-state index in [1.54, 1.807) is 16.4 Å². The maximum absolute atomic E-state index is 5.49. The lowest BCUT2D eigenvalue weighted by atomic mass is 10.3. The number of nitrogens with two attached hydrogens (primary N) is 1. The van der Waals surface area contributed by atoms with Crippen molar-refractivity contribution in [2.45, 2.75) is 11.4 Å². The Morgan fingerprint density at radius 2 is 2.20 bits per heavy atom. The lowest BCUT2D eigenvalue weighted by Gasteiger charge is -2.04. The van der Waals surface area contributed by atoms with Gasteiger partial charge in [-0.2, -0.15) is 0 Å². The second kappa shape index (κ2) is 4.46. The van der Waals surface area contributed by atoms with Crippen molar-refractivity contribution in [3.05, 3.63) is 36.2 Å². The number of benzene rings is 1. The quantitative estimate of drug-likeness (QED) is 0.795. The summed E-state index contributed by atoms with van der Waals surface area (Å²) in [6, 6.07) is 8.07. The SMILES string of the molecule is CSc1ccccc1-n1cc(CN)nn1. The molecule has 0 bridgehead atoms. The van der Waals surface area contributed by atoms with Crippen LogP contribution in [0.25, 0.3) is 5.69 Å². The van der Waals surface area contributed by atoms with Crippen LogP contribution in [0.15, 0.2) is 35.4 Å². The highest BCUT2D eigenvalue weighted by atomic mass is 32.2.